The molecule has 1 amide bonds. The van der Waals surface area contributed by atoms with Crippen molar-refractivity contribution >= 4 is 28.6 Å². The third kappa shape index (κ3) is 2.90. The lowest BCUT2D eigenvalue weighted by atomic mass is 10.1. The molecular formula is C15H17NOS2. The van der Waals surface area contributed by atoms with Gasteiger partial charge in [0.05, 0.1) is 6.04 Å². The molecule has 3 rings (SSSR count). The molecule has 0 bridgehead atoms. The fourth-order valence-electron chi connectivity index (χ4n) is 2.70. The van der Waals surface area contributed by atoms with Crippen molar-refractivity contribution in [3.63, 3.8) is 0 Å². The number of aryl methyl sites for hydroxylation is 1. The van der Waals surface area contributed by atoms with Crippen molar-refractivity contribution in [1.29, 1.82) is 0 Å². The van der Waals surface area contributed by atoms with E-state index in [0.717, 1.165) is 25.8 Å². The zero-order chi connectivity index (χ0) is 13.1. The van der Waals surface area contributed by atoms with Crippen LogP contribution in [-0.4, -0.2) is 17.4 Å². The van der Waals surface area contributed by atoms with Crippen LogP contribution in [0.25, 0.3) is 0 Å². The zero-order valence-corrected chi connectivity index (χ0v) is 12.4. The van der Waals surface area contributed by atoms with Crippen LogP contribution in [0.1, 0.15) is 35.7 Å². The Bertz CT molecular complexity index is 518. The third-order valence-corrected chi connectivity index (χ3v) is 5.30. The van der Waals surface area contributed by atoms with Crippen LogP contribution in [0, 0.1) is 0 Å². The molecule has 1 atom stereocenters. The highest BCUT2D eigenvalue weighted by Gasteiger charge is 2.29. The number of hydrogen-bond donors (Lipinski definition) is 0. The summed E-state index contributed by atoms with van der Waals surface area (Å²) in [5.41, 5.74) is 1.31. The Morgan fingerprint density at radius 2 is 2.32 bits per heavy atom. The second-order valence-electron chi connectivity index (χ2n) is 4.88. The standard InChI is InChI=1S/C15H17NOS2/c17-15(6-5-13-3-2-9-19-13)16-8-1-4-14(16)12-7-10-18-11-12/h2-3,7,9-11,14H,1,4-6,8H2. The highest BCUT2D eigenvalue weighted by atomic mass is 32.1. The minimum absolute atomic E-state index is 0.308. The molecular weight excluding hydrogens is 274 g/mol. The molecule has 3 heterocycles. The summed E-state index contributed by atoms with van der Waals surface area (Å²) in [4.78, 5) is 15.8. The van der Waals surface area contributed by atoms with Crippen molar-refractivity contribution in [1.82, 2.24) is 4.90 Å². The zero-order valence-electron chi connectivity index (χ0n) is 10.7. The Hall–Kier alpha value is -1.13. The van der Waals surface area contributed by atoms with E-state index in [0.29, 0.717) is 18.4 Å². The summed E-state index contributed by atoms with van der Waals surface area (Å²) in [6.45, 7) is 0.920. The first-order valence-electron chi connectivity index (χ1n) is 6.68. The van der Waals surface area contributed by atoms with Crippen LogP contribution >= 0.6 is 22.7 Å². The van der Waals surface area contributed by atoms with Gasteiger partial charge in [-0.15, -0.1) is 11.3 Å². The van der Waals surface area contributed by atoms with Gasteiger partial charge < -0.3 is 4.90 Å². The van der Waals surface area contributed by atoms with Gasteiger partial charge in [-0.2, -0.15) is 11.3 Å². The van der Waals surface area contributed by atoms with Crippen LogP contribution in [0.2, 0.25) is 0 Å². The number of carbonyl (C=O) groups is 1. The summed E-state index contributed by atoms with van der Waals surface area (Å²) in [6.07, 6.45) is 3.76. The van der Waals surface area contributed by atoms with E-state index in [1.54, 1.807) is 22.7 Å². The van der Waals surface area contributed by atoms with Gasteiger partial charge in [0, 0.05) is 17.8 Å². The summed E-state index contributed by atoms with van der Waals surface area (Å²) in [6, 6.07) is 6.63. The Morgan fingerprint density at radius 3 is 3.05 bits per heavy atom. The molecule has 0 N–H and O–H groups in total. The SMILES string of the molecule is O=C(CCc1cccs1)N1CCCC1c1ccsc1. The minimum atomic E-state index is 0.308. The van der Waals surface area contributed by atoms with Crippen LogP contribution in [0.15, 0.2) is 34.3 Å². The summed E-state index contributed by atoms with van der Waals surface area (Å²) in [5, 5.41) is 6.35. The van der Waals surface area contributed by atoms with Gasteiger partial charge in [0.2, 0.25) is 5.91 Å². The van der Waals surface area contributed by atoms with E-state index in [1.807, 2.05) is 0 Å². The maximum absolute atomic E-state index is 12.4. The summed E-state index contributed by atoms with van der Waals surface area (Å²) in [7, 11) is 0. The monoisotopic (exact) mass is 291 g/mol. The Balaban J connectivity index is 1.62. The average Bonchev–Trinajstić information content (AvgIpc) is 3.14. The molecule has 1 aliphatic rings. The smallest absolute Gasteiger partial charge is 0.223 e. The predicted octanol–water partition coefficient (Wildman–Crippen LogP) is 4.11. The Morgan fingerprint density at radius 1 is 1.37 bits per heavy atom. The van der Waals surface area contributed by atoms with E-state index in [4.69, 9.17) is 0 Å². The van der Waals surface area contributed by atoms with E-state index in [9.17, 15) is 4.79 Å². The first kappa shape index (κ1) is 12.9. The minimum Gasteiger partial charge on any atom is -0.336 e. The maximum Gasteiger partial charge on any atom is 0.223 e. The third-order valence-electron chi connectivity index (χ3n) is 3.67. The van der Waals surface area contributed by atoms with Gasteiger partial charge in [-0.25, -0.2) is 0 Å². The van der Waals surface area contributed by atoms with Crippen LogP contribution in [0.3, 0.4) is 0 Å². The lowest BCUT2D eigenvalue weighted by Crippen LogP contribution is -2.30. The topological polar surface area (TPSA) is 20.3 Å². The second-order valence-corrected chi connectivity index (χ2v) is 6.69. The first-order valence-corrected chi connectivity index (χ1v) is 8.51. The lowest BCUT2D eigenvalue weighted by Gasteiger charge is -2.24. The van der Waals surface area contributed by atoms with Gasteiger partial charge >= 0.3 is 0 Å². The molecule has 1 aliphatic heterocycles. The fourth-order valence-corrected chi connectivity index (χ4v) is 4.12. The highest BCUT2D eigenvalue weighted by molar-refractivity contribution is 7.09. The largest absolute Gasteiger partial charge is 0.336 e. The van der Waals surface area contributed by atoms with Crippen LogP contribution in [0.4, 0.5) is 0 Å². The number of rotatable bonds is 4. The second kappa shape index (κ2) is 5.88. The van der Waals surface area contributed by atoms with Gasteiger partial charge in [0.1, 0.15) is 0 Å². The number of likely N-dealkylation sites (tertiary alicyclic amines) is 1. The normalized spacial score (nSPS) is 18.9. The molecule has 4 heteroatoms. The molecule has 0 aliphatic carbocycles. The van der Waals surface area contributed by atoms with E-state index < -0.39 is 0 Å². The number of thiophene rings is 2. The van der Waals surface area contributed by atoms with Crippen molar-refractivity contribution in [2.75, 3.05) is 6.54 Å². The molecule has 2 aromatic rings. The van der Waals surface area contributed by atoms with E-state index in [-0.39, 0.29) is 0 Å². The molecule has 2 aromatic heterocycles. The molecule has 100 valence electrons. The van der Waals surface area contributed by atoms with E-state index >= 15 is 0 Å². The molecule has 0 spiro atoms. The van der Waals surface area contributed by atoms with Gasteiger partial charge in [-0.3, -0.25) is 4.79 Å². The predicted molar refractivity (Wildman–Crippen MR) is 80.6 cm³/mol. The molecule has 2 nitrogen and oxygen atoms in total. The Kier molecular flexibility index (Phi) is 3.99. The summed E-state index contributed by atoms with van der Waals surface area (Å²) >= 11 is 3.45. The molecule has 1 fully saturated rings. The summed E-state index contributed by atoms with van der Waals surface area (Å²) < 4.78 is 0. The van der Waals surface area contributed by atoms with E-state index in [1.165, 1.54) is 10.4 Å². The van der Waals surface area contributed by atoms with Gasteiger partial charge in [-0.1, -0.05) is 6.07 Å². The first-order chi connectivity index (χ1) is 9.34. The fraction of sp³-hybridized carbons (Fsp3) is 0.400. The molecule has 0 saturated carbocycles. The van der Waals surface area contributed by atoms with E-state index in [2.05, 4.69) is 39.2 Å². The highest BCUT2D eigenvalue weighted by Crippen LogP contribution is 2.33. The van der Waals surface area contributed by atoms with Crippen LogP contribution < -0.4 is 0 Å². The maximum atomic E-state index is 12.4. The number of amides is 1. The van der Waals surface area contributed by atoms with Gasteiger partial charge in [-0.05, 0) is 53.1 Å². The van der Waals surface area contributed by atoms with Crippen molar-refractivity contribution in [3.05, 3.63) is 44.8 Å². The van der Waals surface area contributed by atoms with Crippen LogP contribution in [0.5, 0.6) is 0 Å². The van der Waals surface area contributed by atoms with Crippen molar-refractivity contribution < 1.29 is 4.79 Å². The average molecular weight is 291 g/mol. The van der Waals surface area contributed by atoms with Crippen molar-refractivity contribution in [2.24, 2.45) is 0 Å². The molecule has 0 aromatic carbocycles. The summed E-state index contributed by atoms with van der Waals surface area (Å²) in [5.74, 6) is 0.308. The number of carbonyl (C=O) groups excluding carboxylic acids is 1. The van der Waals surface area contributed by atoms with Crippen molar-refractivity contribution in [3.8, 4) is 0 Å². The molecule has 0 radical (unpaired) electrons. The quantitative estimate of drug-likeness (QED) is 0.830. The molecule has 1 saturated heterocycles. The Labute approximate surface area is 121 Å². The van der Waals surface area contributed by atoms with Crippen molar-refractivity contribution in [2.45, 2.75) is 31.7 Å². The van der Waals surface area contributed by atoms with Gasteiger partial charge in [0.15, 0.2) is 0 Å². The van der Waals surface area contributed by atoms with Crippen LogP contribution in [-0.2, 0) is 11.2 Å². The molecule has 19 heavy (non-hydrogen) atoms. The lowest BCUT2D eigenvalue weighted by molar-refractivity contribution is -0.132. The number of nitrogens with zero attached hydrogens (tertiary/aromatic N) is 1. The number of hydrogen-bond acceptors (Lipinski definition) is 3. The van der Waals surface area contributed by atoms with Gasteiger partial charge in [0.25, 0.3) is 0 Å². The molecule has 1 unspecified atom stereocenters.